The summed E-state index contributed by atoms with van der Waals surface area (Å²) >= 11 is 0. The van der Waals surface area contributed by atoms with Crippen molar-refractivity contribution in [3.05, 3.63) is 70.9 Å². The van der Waals surface area contributed by atoms with Crippen molar-refractivity contribution in [3.8, 4) is 0 Å². The van der Waals surface area contributed by atoms with Gasteiger partial charge in [0.25, 0.3) is 0 Å². The van der Waals surface area contributed by atoms with E-state index in [1.807, 2.05) is 0 Å². The highest BCUT2D eigenvalue weighted by atomic mass is 14.3. The highest BCUT2D eigenvalue weighted by molar-refractivity contribution is 5.42. The van der Waals surface area contributed by atoms with Crippen LogP contribution in [0.4, 0.5) is 0 Å². The minimum Gasteiger partial charge on any atom is -0.0847 e. The maximum Gasteiger partial charge on any atom is -0.00664 e. The lowest BCUT2D eigenvalue weighted by atomic mass is 9.75. The van der Waals surface area contributed by atoms with E-state index in [-0.39, 0.29) is 5.41 Å². The predicted molar refractivity (Wildman–Crippen MR) is 91.7 cm³/mol. The number of allylic oxidation sites excluding steroid dienone is 12. The summed E-state index contributed by atoms with van der Waals surface area (Å²) < 4.78 is 0. The van der Waals surface area contributed by atoms with E-state index < -0.39 is 0 Å². The summed E-state index contributed by atoms with van der Waals surface area (Å²) in [4.78, 5) is 0. The zero-order valence-electron chi connectivity index (χ0n) is 13.8. The molecule has 0 aromatic carbocycles. The summed E-state index contributed by atoms with van der Waals surface area (Å²) in [6, 6.07) is 0. The maximum atomic E-state index is 2.31. The van der Waals surface area contributed by atoms with Crippen LogP contribution in [0.5, 0.6) is 0 Å². The Labute approximate surface area is 125 Å². The third-order valence-electron chi connectivity index (χ3n) is 3.84. The van der Waals surface area contributed by atoms with Gasteiger partial charge < -0.3 is 0 Å². The van der Waals surface area contributed by atoms with Crippen molar-refractivity contribution in [2.24, 2.45) is 5.41 Å². The lowest BCUT2D eigenvalue weighted by Gasteiger charge is -2.29. The van der Waals surface area contributed by atoms with E-state index in [1.165, 1.54) is 22.3 Å². The fourth-order valence-corrected chi connectivity index (χ4v) is 2.34. The van der Waals surface area contributed by atoms with Gasteiger partial charge in [0, 0.05) is 0 Å². The average Bonchev–Trinajstić information content (AvgIpc) is 2.37. The molecule has 0 aromatic rings. The summed E-state index contributed by atoms with van der Waals surface area (Å²) in [5, 5.41) is 0. The molecule has 0 saturated carbocycles. The zero-order valence-corrected chi connectivity index (χ0v) is 13.8. The molecule has 0 aromatic heterocycles. The van der Waals surface area contributed by atoms with Gasteiger partial charge >= 0.3 is 0 Å². The number of rotatable bonds is 4. The lowest BCUT2D eigenvalue weighted by Crippen LogP contribution is -2.16. The highest BCUT2D eigenvalue weighted by Crippen LogP contribution is 2.37. The quantitative estimate of drug-likeness (QED) is 0.524. The fourth-order valence-electron chi connectivity index (χ4n) is 2.34. The second kappa shape index (κ2) is 7.28. The molecular weight excluding hydrogens is 240 g/mol. The Balaban J connectivity index is 2.84. The fraction of sp³-hybridized carbons (Fsp3) is 0.400. The van der Waals surface area contributed by atoms with Crippen molar-refractivity contribution in [2.75, 3.05) is 0 Å². The van der Waals surface area contributed by atoms with Gasteiger partial charge in [0.2, 0.25) is 0 Å². The predicted octanol–water partition coefficient (Wildman–Crippen LogP) is 6.31. The SMILES string of the molecule is C\C=C(C)/C=C/C=C(C)/C=C/C1=C(C)C=CCC1(C)C. The molecule has 1 aliphatic rings. The molecule has 0 atom stereocenters. The summed E-state index contributed by atoms with van der Waals surface area (Å²) in [5.41, 5.74) is 5.63. The van der Waals surface area contributed by atoms with Crippen LogP contribution in [0.1, 0.15) is 48.0 Å². The van der Waals surface area contributed by atoms with Crippen LogP contribution >= 0.6 is 0 Å². The molecule has 0 nitrogen and oxygen atoms in total. The molecule has 0 radical (unpaired) electrons. The Hall–Kier alpha value is -1.56. The van der Waals surface area contributed by atoms with Gasteiger partial charge in [0.05, 0.1) is 0 Å². The van der Waals surface area contributed by atoms with E-state index in [0.717, 1.165) is 6.42 Å². The van der Waals surface area contributed by atoms with Gasteiger partial charge in [0.1, 0.15) is 0 Å². The van der Waals surface area contributed by atoms with Crippen LogP contribution in [0.25, 0.3) is 0 Å². The summed E-state index contributed by atoms with van der Waals surface area (Å²) in [5.74, 6) is 0. The molecule has 0 N–H and O–H groups in total. The van der Waals surface area contributed by atoms with E-state index in [4.69, 9.17) is 0 Å². The molecule has 0 saturated heterocycles. The normalized spacial score (nSPS) is 20.5. The van der Waals surface area contributed by atoms with Crippen molar-refractivity contribution >= 4 is 0 Å². The Morgan fingerprint density at radius 3 is 2.45 bits per heavy atom. The molecule has 1 rings (SSSR count). The maximum absolute atomic E-state index is 2.31. The summed E-state index contributed by atoms with van der Waals surface area (Å²) in [6.45, 7) is 13.1. The first kappa shape index (κ1) is 16.5. The summed E-state index contributed by atoms with van der Waals surface area (Å²) in [7, 11) is 0. The Morgan fingerprint density at radius 2 is 1.85 bits per heavy atom. The van der Waals surface area contributed by atoms with E-state index in [1.54, 1.807) is 0 Å². The average molecular weight is 268 g/mol. The first-order chi connectivity index (χ1) is 9.36. The largest absolute Gasteiger partial charge is 0.0847 e. The molecule has 0 fully saturated rings. The van der Waals surface area contributed by atoms with E-state index in [0.29, 0.717) is 0 Å². The Kier molecular flexibility index (Phi) is 6.01. The molecule has 0 unspecified atom stereocenters. The molecule has 0 amide bonds. The molecule has 0 aliphatic heterocycles. The van der Waals surface area contributed by atoms with Gasteiger partial charge in [0.15, 0.2) is 0 Å². The Morgan fingerprint density at radius 1 is 1.15 bits per heavy atom. The van der Waals surface area contributed by atoms with Gasteiger partial charge in [-0.2, -0.15) is 0 Å². The number of hydrogen-bond acceptors (Lipinski definition) is 0. The van der Waals surface area contributed by atoms with Crippen molar-refractivity contribution in [3.63, 3.8) is 0 Å². The summed E-state index contributed by atoms with van der Waals surface area (Å²) in [6.07, 6.45) is 18.6. The van der Waals surface area contributed by atoms with Gasteiger partial charge in [-0.3, -0.25) is 0 Å². The van der Waals surface area contributed by atoms with E-state index in [9.17, 15) is 0 Å². The smallest absolute Gasteiger partial charge is 0.00664 e. The second-order valence-corrected chi connectivity index (χ2v) is 6.22. The monoisotopic (exact) mass is 268 g/mol. The van der Waals surface area contributed by atoms with Gasteiger partial charge in [-0.15, -0.1) is 0 Å². The van der Waals surface area contributed by atoms with Gasteiger partial charge in [-0.25, -0.2) is 0 Å². The minimum atomic E-state index is 0.243. The van der Waals surface area contributed by atoms with Crippen molar-refractivity contribution < 1.29 is 0 Å². The zero-order chi connectivity index (χ0) is 15.2. The van der Waals surface area contributed by atoms with Crippen LogP contribution in [0, 0.1) is 5.41 Å². The lowest BCUT2D eigenvalue weighted by molar-refractivity contribution is 0.456. The van der Waals surface area contributed by atoms with Crippen LogP contribution in [0.15, 0.2) is 70.9 Å². The van der Waals surface area contributed by atoms with Crippen LogP contribution < -0.4 is 0 Å². The Bertz CT molecular complexity index is 514. The van der Waals surface area contributed by atoms with Crippen LogP contribution in [-0.4, -0.2) is 0 Å². The molecule has 0 heteroatoms. The van der Waals surface area contributed by atoms with Gasteiger partial charge in [-0.05, 0) is 50.7 Å². The molecule has 0 heterocycles. The third kappa shape index (κ3) is 4.85. The van der Waals surface area contributed by atoms with Crippen molar-refractivity contribution in [2.45, 2.75) is 48.0 Å². The van der Waals surface area contributed by atoms with E-state index in [2.05, 4.69) is 90.2 Å². The van der Waals surface area contributed by atoms with Crippen molar-refractivity contribution in [1.29, 1.82) is 0 Å². The number of hydrogen-bond donors (Lipinski definition) is 0. The standard InChI is InChI=1S/C20H28/c1-7-16(2)10-8-11-17(3)13-14-19-18(4)12-9-15-20(19,5)6/h7-14H,15H2,1-6H3/b10-8+,14-13+,16-7-,17-11+. The molecule has 0 spiro atoms. The van der Waals surface area contributed by atoms with Gasteiger partial charge in [-0.1, -0.05) is 73.6 Å². The molecule has 1 aliphatic carbocycles. The molecule has 0 bridgehead atoms. The van der Waals surface area contributed by atoms with Crippen LogP contribution in [-0.2, 0) is 0 Å². The first-order valence-corrected chi connectivity index (χ1v) is 7.40. The molecular formula is C20H28. The molecule has 108 valence electrons. The first-order valence-electron chi connectivity index (χ1n) is 7.40. The highest BCUT2D eigenvalue weighted by Gasteiger charge is 2.23. The molecule has 20 heavy (non-hydrogen) atoms. The van der Waals surface area contributed by atoms with Crippen molar-refractivity contribution in [1.82, 2.24) is 0 Å². The minimum absolute atomic E-state index is 0.243. The third-order valence-corrected chi connectivity index (χ3v) is 3.84. The topological polar surface area (TPSA) is 0 Å². The van der Waals surface area contributed by atoms with Crippen LogP contribution in [0.3, 0.4) is 0 Å². The second-order valence-electron chi connectivity index (χ2n) is 6.22. The van der Waals surface area contributed by atoms with E-state index >= 15 is 0 Å². The van der Waals surface area contributed by atoms with Crippen LogP contribution in [0.2, 0.25) is 0 Å².